The van der Waals surface area contributed by atoms with Crippen molar-refractivity contribution in [1.82, 2.24) is 0 Å². The fourth-order valence-electron chi connectivity index (χ4n) is 2.15. The molecule has 1 heterocycles. The van der Waals surface area contributed by atoms with E-state index in [1.54, 1.807) is 0 Å². The van der Waals surface area contributed by atoms with E-state index in [0.29, 0.717) is 12.0 Å². The average molecular weight is 175 g/mol. The van der Waals surface area contributed by atoms with Crippen molar-refractivity contribution in [3.8, 4) is 0 Å². The summed E-state index contributed by atoms with van der Waals surface area (Å²) < 4.78 is 0. The molecule has 0 saturated carbocycles. The standard InChI is InChI=1S/C12H17N/c1-9(2)13-8-10(3)11-6-4-5-7-12(11)13/h4-7,9-10H,8H2,1-3H3/t10-/m0/s1. The second-order valence-corrected chi connectivity index (χ2v) is 4.21. The molecule has 1 aromatic rings. The fraction of sp³-hybridized carbons (Fsp3) is 0.500. The van der Waals surface area contributed by atoms with Crippen LogP contribution >= 0.6 is 0 Å². The molecule has 0 fully saturated rings. The van der Waals surface area contributed by atoms with Crippen LogP contribution in [0.3, 0.4) is 0 Å². The summed E-state index contributed by atoms with van der Waals surface area (Å²) in [6.45, 7) is 8.00. The zero-order valence-electron chi connectivity index (χ0n) is 8.62. The smallest absolute Gasteiger partial charge is 0.0404 e. The highest BCUT2D eigenvalue weighted by Gasteiger charge is 2.25. The van der Waals surface area contributed by atoms with Gasteiger partial charge in [-0.15, -0.1) is 0 Å². The van der Waals surface area contributed by atoms with E-state index in [-0.39, 0.29) is 0 Å². The van der Waals surface area contributed by atoms with E-state index in [9.17, 15) is 0 Å². The van der Waals surface area contributed by atoms with E-state index in [4.69, 9.17) is 0 Å². The Balaban J connectivity index is 2.41. The summed E-state index contributed by atoms with van der Waals surface area (Å²) in [6, 6.07) is 9.37. The fourth-order valence-corrected chi connectivity index (χ4v) is 2.15. The third-order valence-corrected chi connectivity index (χ3v) is 2.87. The van der Waals surface area contributed by atoms with Gasteiger partial charge in [0.1, 0.15) is 0 Å². The first-order valence-corrected chi connectivity index (χ1v) is 5.05. The number of nitrogens with zero attached hydrogens (tertiary/aromatic N) is 1. The molecular weight excluding hydrogens is 158 g/mol. The molecule has 1 nitrogen and oxygen atoms in total. The maximum Gasteiger partial charge on any atom is 0.0404 e. The highest BCUT2D eigenvalue weighted by molar-refractivity contribution is 5.60. The van der Waals surface area contributed by atoms with E-state index in [1.165, 1.54) is 17.8 Å². The number of hydrogen-bond donors (Lipinski definition) is 0. The maximum atomic E-state index is 2.49. The van der Waals surface area contributed by atoms with Crippen LogP contribution in [0, 0.1) is 0 Å². The van der Waals surface area contributed by atoms with Crippen LogP contribution in [0.5, 0.6) is 0 Å². The van der Waals surface area contributed by atoms with Gasteiger partial charge in [-0.25, -0.2) is 0 Å². The summed E-state index contributed by atoms with van der Waals surface area (Å²) >= 11 is 0. The Morgan fingerprint density at radius 1 is 1.31 bits per heavy atom. The van der Waals surface area contributed by atoms with Gasteiger partial charge in [0, 0.05) is 24.2 Å². The van der Waals surface area contributed by atoms with Crippen LogP contribution in [-0.4, -0.2) is 12.6 Å². The van der Waals surface area contributed by atoms with Crippen LogP contribution in [0.15, 0.2) is 24.3 Å². The van der Waals surface area contributed by atoms with Gasteiger partial charge in [0.05, 0.1) is 0 Å². The SMILES string of the molecule is CC(C)N1C[C@H](C)c2ccccc21. The molecule has 0 radical (unpaired) electrons. The molecule has 70 valence electrons. The van der Waals surface area contributed by atoms with Crippen molar-refractivity contribution in [2.75, 3.05) is 11.4 Å². The molecular formula is C12H17N. The molecule has 0 saturated heterocycles. The van der Waals surface area contributed by atoms with Crippen LogP contribution in [0.1, 0.15) is 32.3 Å². The van der Waals surface area contributed by atoms with Crippen molar-refractivity contribution in [3.05, 3.63) is 29.8 Å². The number of rotatable bonds is 1. The van der Waals surface area contributed by atoms with Crippen molar-refractivity contribution < 1.29 is 0 Å². The van der Waals surface area contributed by atoms with Crippen LogP contribution < -0.4 is 4.90 Å². The summed E-state index contributed by atoms with van der Waals surface area (Å²) in [7, 11) is 0. The molecule has 1 aliphatic heterocycles. The molecule has 2 rings (SSSR count). The van der Waals surface area contributed by atoms with Gasteiger partial charge in [-0.05, 0) is 25.5 Å². The van der Waals surface area contributed by atoms with Gasteiger partial charge in [-0.3, -0.25) is 0 Å². The molecule has 0 spiro atoms. The Bertz CT molecular complexity index is 304. The van der Waals surface area contributed by atoms with Gasteiger partial charge in [0.15, 0.2) is 0 Å². The Labute approximate surface area is 80.4 Å². The van der Waals surface area contributed by atoms with Crippen LogP contribution in [0.4, 0.5) is 5.69 Å². The third kappa shape index (κ3) is 1.32. The highest BCUT2D eigenvalue weighted by atomic mass is 15.2. The lowest BCUT2D eigenvalue weighted by Gasteiger charge is -2.24. The van der Waals surface area contributed by atoms with Crippen molar-refractivity contribution in [3.63, 3.8) is 0 Å². The van der Waals surface area contributed by atoms with E-state index >= 15 is 0 Å². The number of fused-ring (bicyclic) bond motifs is 1. The maximum absolute atomic E-state index is 2.49. The summed E-state index contributed by atoms with van der Waals surface area (Å²) in [4.78, 5) is 2.49. The molecule has 0 aliphatic carbocycles. The molecule has 0 amide bonds. The lowest BCUT2D eigenvalue weighted by atomic mass is 10.0. The lowest BCUT2D eigenvalue weighted by Crippen LogP contribution is -2.28. The number of hydrogen-bond acceptors (Lipinski definition) is 1. The Morgan fingerprint density at radius 2 is 2.00 bits per heavy atom. The van der Waals surface area contributed by atoms with Gasteiger partial charge in [-0.1, -0.05) is 25.1 Å². The van der Waals surface area contributed by atoms with Crippen LogP contribution in [0.2, 0.25) is 0 Å². The van der Waals surface area contributed by atoms with Crippen molar-refractivity contribution in [1.29, 1.82) is 0 Å². The molecule has 1 heteroatoms. The molecule has 0 N–H and O–H groups in total. The number of para-hydroxylation sites is 1. The minimum absolute atomic E-state index is 0.617. The predicted molar refractivity (Wildman–Crippen MR) is 57.3 cm³/mol. The molecule has 0 bridgehead atoms. The molecule has 1 aromatic carbocycles. The minimum atomic E-state index is 0.617. The van der Waals surface area contributed by atoms with E-state index < -0.39 is 0 Å². The first-order valence-electron chi connectivity index (χ1n) is 5.05. The van der Waals surface area contributed by atoms with Crippen LogP contribution in [-0.2, 0) is 0 Å². The van der Waals surface area contributed by atoms with Gasteiger partial charge in [0.2, 0.25) is 0 Å². The number of benzene rings is 1. The monoisotopic (exact) mass is 175 g/mol. The molecule has 0 aromatic heterocycles. The van der Waals surface area contributed by atoms with E-state index in [1.807, 2.05) is 0 Å². The molecule has 0 unspecified atom stereocenters. The van der Waals surface area contributed by atoms with Crippen LogP contribution in [0.25, 0.3) is 0 Å². The first-order chi connectivity index (χ1) is 6.20. The lowest BCUT2D eigenvalue weighted by molar-refractivity contribution is 0.670. The molecule has 1 atom stereocenters. The van der Waals surface area contributed by atoms with Gasteiger partial charge < -0.3 is 4.90 Å². The average Bonchev–Trinajstić information content (AvgIpc) is 2.45. The Kier molecular flexibility index (Phi) is 2.03. The third-order valence-electron chi connectivity index (χ3n) is 2.87. The van der Waals surface area contributed by atoms with Gasteiger partial charge >= 0.3 is 0 Å². The summed E-state index contributed by atoms with van der Waals surface area (Å²) in [5.41, 5.74) is 2.95. The largest absolute Gasteiger partial charge is 0.368 e. The normalized spacial score (nSPS) is 20.9. The molecule has 13 heavy (non-hydrogen) atoms. The number of anilines is 1. The van der Waals surface area contributed by atoms with Gasteiger partial charge in [0.25, 0.3) is 0 Å². The zero-order valence-corrected chi connectivity index (χ0v) is 8.62. The van der Waals surface area contributed by atoms with E-state index in [0.717, 1.165) is 0 Å². The summed E-state index contributed by atoms with van der Waals surface area (Å²) in [6.07, 6.45) is 0. The van der Waals surface area contributed by atoms with E-state index in [2.05, 4.69) is 49.9 Å². The van der Waals surface area contributed by atoms with Crippen molar-refractivity contribution >= 4 is 5.69 Å². The Hall–Kier alpha value is -0.980. The molecule has 1 aliphatic rings. The highest BCUT2D eigenvalue weighted by Crippen LogP contribution is 2.36. The topological polar surface area (TPSA) is 3.24 Å². The first kappa shape index (κ1) is 8.61. The second-order valence-electron chi connectivity index (χ2n) is 4.21. The van der Waals surface area contributed by atoms with Gasteiger partial charge in [-0.2, -0.15) is 0 Å². The predicted octanol–water partition coefficient (Wildman–Crippen LogP) is 3.02. The summed E-state index contributed by atoms with van der Waals surface area (Å²) in [5.74, 6) is 0.693. The second kappa shape index (κ2) is 3.06. The summed E-state index contributed by atoms with van der Waals surface area (Å²) in [5, 5.41) is 0. The Morgan fingerprint density at radius 3 is 2.69 bits per heavy atom. The quantitative estimate of drug-likeness (QED) is 0.634. The van der Waals surface area contributed by atoms with Crippen molar-refractivity contribution in [2.24, 2.45) is 0 Å². The van der Waals surface area contributed by atoms with Crippen molar-refractivity contribution in [2.45, 2.75) is 32.7 Å². The minimum Gasteiger partial charge on any atom is -0.368 e. The zero-order chi connectivity index (χ0) is 9.42.